The zero-order valence-electron chi connectivity index (χ0n) is 11.8. The lowest BCUT2D eigenvalue weighted by atomic mass is 10.1. The Balaban J connectivity index is 2.82. The highest BCUT2D eigenvalue weighted by Crippen LogP contribution is 2.14. The van der Waals surface area contributed by atoms with Crippen LogP contribution in [0.5, 0.6) is 0 Å². The molecule has 0 amide bonds. The van der Waals surface area contributed by atoms with Gasteiger partial charge in [-0.15, -0.1) is 0 Å². The average Bonchev–Trinajstić information content (AvgIpc) is 2.39. The summed E-state index contributed by atoms with van der Waals surface area (Å²) >= 11 is 0. The Bertz CT molecular complexity index is 381. The van der Waals surface area contributed by atoms with Crippen molar-refractivity contribution in [1.82, 2.24) is 5.43 Å². The van der Waals surface area contributed by atoms with Crippen LogP contribution in [0.2, 0.25) is 0 Å². The van der Waals surface area contributed by atoms with Crippen LogP contribution in [0, 0.1) is 5.92 Å². The minimum atomic E-state index is 0.518. The first-order valence-corrected chi connectivity index (χ1v) is 6.42. The van der Waals surface area contributed by atoms with Crippen molar-refractivity contribution in [3.63, 3.8) is 0 Å². The Hall–Kier alpha value is -1.55. The second kappa shape index (κ2) is 7.01. The zero-order valence-corrected chi connectivity index (χ0v) is 11.8. The molecule has 18 heavy (non-hydrogen) atoms. The summed E-state index contributed by atoms with van der Waals surface area (Å²) in [6, 6.07) is 8.42. The van der Waals surface area contributed by atoms with E-state index in [1.807, 2.05) is 11.9 Å². The third-order valence-electron chi connectivity index (χ3n) is 2.78. The van der Waals surface area contributed by atoms with Crippen molar-refractivity contribution in [3.8, 4) is 0 Å². The first-order valence-electron chi connectivity index (χ1n) is 6.42. The lowest BCUT2D eigenvalue weighted by Gasteiger charge is -2.21. The van der Waals surface area contributed by atoms with Crippen molar-refractivity contribution >= 4 is 11.6 Å². The molecular formula is C14H24N4. The third kappa shape index (κ3) is 4.04. The minimum absolute atomic E-state index is 0.518. The van der Waals surface area contributed by atoms with E-state index in [4.69, 9.17) is 5.84 Å². The van der Waals surface area contributed by atoms with E-state index in [1.54, 1.807) is 0 Å². The number of aryl methyl sites for hydroxylation is 1. The maximum absolute atomic E-state index is 5.53. The Morgan fingerprint density at radius 2 is 1.94 bits per heavy atom. The van der Waals surface area contributed by atoms with Gasteiger partial charge in [0.2, 0.25) is 5.96 Å². The van der Waals surface area contributed by atoms with Gasteiger partial charge >= 0.3 is 0 Å². The fraction of sp³-hybridized carbons (Fsp3) is 0.500. The van der Waals surface area contributed by atoms with Gasteiger partial charge in [0.25, 0.3) is 0 Å². The van der Waals surface area contributed by atoms with Gasteiger partial charge in [-0.3, -0.25) is 10.4 Å². The summed E-state index contributed by atoms with van der Waals surface area (Å²) in [6.45, 7) is 7.17. The molecule has 0 aliphatic heterocycles. The molecule has 0 saturated carbocycles. The fourth-order valence-electron chi connectivity index (χ4n) is 1.60. The SMILES string of the molecule is CCc1ccc(N(C)C(=NCC(C)C)NN)cc1. The fourth-order valence-corrected chi connectivity index (χ4v) is 1.60. The van der Waals surface area contributed by atoms with E-state index in [0.717, 1.165) is 18.7 Å². The lowest BCUT2D eigenvalue weighted by Crippen LogP contribution is -2.43. The molecule has 1 aromatic rings. The molecule has 0 fully saturated rings. The summed E-state index contributed by atoms with van der Waals surface area (Å²) in [6.07, 6.45) is 1.05. The summed E-state index contributed by atoms with van der Waals surface area (Å²) in [7, 11) is 1.96. The van der Waals surface area contributed by atoms with Gasteiger partial charge in [-0.2, -0.15) is 0 Å². The van der Waals surface area contributed by atoms with E-state index in [-0.39, 0.29) is 0 Å². The monoisotopic (exact) mass is 248 g/mol. The first kappa shape index (κ1) is 14.5. The van der Waals surface area contributed by atoms with Gasteiger partial charge in [0.05, 0.1) is 0 Å². The van der Waals surface area contributed by atoms with Gasteiger partial charge in [0.1, 0.15) is 0 Å². The predicted octanol–water partition coefficient (Wildman–Crippen LogP) is 2.16. The van der Waals surface area contributed by atoms with E-state index in [0.29, 0.717) is 11.9 Å². The standard InChI is InChI=1S/C14H24N4/c1-5-12-6-8-13(9-7-12)18(4)14(17-15)16-10-11(2)3/h6-9,11H,5,10,15H2,1-4H3,(H,16,17). The van der Waals surface area contributed by atoms with E-state index >= 15 is 0 Å². The number of nitrogens with two attached hydrogens (primary N) is 1. The molecule has 1 rings (SSSR count). The molecule has 0 unspecified atom stereocenters. The van der Waals surface area contributed by atoms with Gasteiger partial charge in [-0.25, -0.2) is 5.84 Å². The molecule has 0 saturated heterocycles. The second-order valence-electron chi connectivity index (χ2n) is 4.78. The quantitative estimate of drug-likeness (QED) is 0.371. The van der Waals surface area contributed by atoms with Gasteiger partial charge in [-0.1, -0.05) is 32.9 Å². The topological polar surface area (TPSA) is 53.6 Å². The molecule has 3 N–H and O–H groups in total. The number of anilines is 1. The predicted molar refractivity (Wildman–Crippen MR) is 78.7 cm³/mol. The van der Waals surface area contributed by atoms with Gasteiger partial charge in [0, 0.05) is 19.3 Å². The van der Waals surface area contributed by atoms with E-state index in [1.165, 1.54) is 5.56 Å². The number of guanidine groups is 1. The van der Waals surface area contributed by atoms with Crippen molar-refractivity contribution in [2.45, 2.75) is 27.2 Å². The Labute approximate surface area is 110 Å². The molecular weight excluding hydrogens is 224 g/mol. The highest BCUT2D eigenvalue weighted by Gasteiger charge is 2.07. The van der Waals surface area contributed by atoms with Crippen LogP contribution in [0.15, 0.2) is 29.3 Å². The zero-order chi connectivity index (χ0) is 13.5. The number of hydrazine groups is 1. The number of rotatable bonds is 4. The van der Waals surface area contributed by atoms with Crippen LogP contribution in [0.1, 0.15) is 26.3 Å². The third-order valence-corrected chi connectivity index (χ3v) is 2.78. The number of aliphatic imine (C=N–C) groups is 1. The molecule has 100 valence electrons. The molecule has 0 aliphatic carbocycles. The van der Waals surface area contributed by atoms with Crippen molar-refractivity contribution in [2.75, 3.05) is 18.5 Å². The van der Waals surface area contributed by atoms with Crippen LogP contribution in [-0.2, 0) is 6.42 Å². The first-order chi connectivity index (χ1) is 8.58. The van der Waals surface area contributed by atoms with E-state index in [9.17, 15) is 0 Å². The van der Waals surface area contributed by atoms with Crippen molar-refractivity contribution < 1.29 is 0 Å². The number of benzene rings is 1. The Morgan fingerprint density at radius 3 is 2.39 bits per heavy atom. The maximum Gasteiger partial charge on any atom is 0.212 e. The largest absolute Gasteiger partial charge is 0.315 e. The normalized spacial score (nSPS) is 11.8. The van der Waals surface area contributed by atoms with Crippen LogP contribution >= 0.6 is 0 Å². The molecule has 4 nitrogen and oxygen atoms in total. The van der Waals surface area contributed by atoms with E-state index < -0.39 is 0 Å². The van der Waals surface area contributed by atoms with Gasteiger partial charge in [0.15, 0.2) is 0 Å². The number of hydrogen-bond acceptors (Lipinski definition) is 2. The molecule has 4 heteroatoms. The van der Waals surface area contributed by atoms with Gasteiger partial charge < -0.3 is 4.90 Å². The number of hydrogen-bond donors (Lipinski definition) is 2. The molecule has 0 atom stereocenters. The maximum atomic E-state index is 5.53. The molecule has 0 aromatic heterocycles. The average molecular weight is 248 g/mol. The summed E-state index contributed by atoms with van der Waals surface area (Å²) in [5.74, 6) is 6.74. The second-order valence-corrected chi connectivity index (χ2v) is 4.78. The Kier molecular flexibility index (Phi) is 5.65. The van der Waals surface area contributed by atoms with Crippen LogP contribution < -0.4 is 16.2 Å². The number of nitrogens with zero attached hydrogens (tertiary/aromatic N) is 2. The molecule has 1 aromatic carbocycles. The van der Waals surface area contributed by atoms with Crippen LogP contribution in [0.4, 0.5) is 5.69 Å². The van der Waals surface area contributed by atoms with Crippen LogP contribution in [0.25, 0.3) is 0 Å². The minimum Gasteiger partial charge on any atom is -0.315 e. The summed E-state index contributed by atoms with van der Waals surface area (Å²) in [4.78, 5) is 6.43. The summed E-state index contributed by atoms with van der Waals surface area (Å²) < 4.78 is 0. The molecule has 0 spiro atoms. The van der Waals surface area contributed by atoms with Crippen molar-refractivity contribution in [2.24, 2.45) is 16.8 Å². The Morgan fingerprint density at radius 1 is 1.33 bits per heavy atom. The highest BCUT2D eigenvalue weighted by molar-refractivity contribution is 5.95. The van der Waals surface area contributed by atoms with Gasteiger partial charge in [-0.05, 0) is 30.0 Å². The van der Waals surface area contributed by atoms with Crippen molar-refractivity contribution in [3.05, 3.63) is 29.8 Å². The molecule has 0 radical (unpaired) electrons. The molecule has 0 bridgehead atoms. The number of nitrogens with one attached hydrogen (secondary N) is 1. The van der Waals surface area contributed by atoms with Crippen molar-refractivity contribution in [1.29, 1.82) is 0 Å². The van der Waals surface area contributed by atoms with Crippen LogP contribution in [0.3, 0.4) is 0 Å². The summed E-state index contributed by atoms with van der Waals surface area (Å²) in [5, 5.41) is 0. The molecule has 0 heterocycles. The molecule has 0 aliphatic rings. The lowest BCUT2D eigenvalue weighted by molar-refractivity contribution is 0.661. The summed E-state index contributed by atoms with van der Waals surface area (Å²) in [5.41, 5.74) is 5.06. The smallest absolute Gasteiger partial charge is 0.212 e. The van der Waals surface area contributed by atoms with E-state index in [2.05, 4.69) is 55.5 Å². The highest BCUT2D eigenvalue weighted by atomic mass is 15.4. The van der Waals surface area contributed by atoms with Crippen LogP contribution in [-0.4, -0.2) is 19.6 Å².